The lowest BCUT2D eigenvalue weighted by Crippen LogP contribution is -2.11. The SMILES string of the molecule is COC(=O)C(C)c1cc(OC)ccc1Br. The number of benzene rings is 1. The summed E-state index contributed by atoms with van der Waals surface area (Å²) in [5.74, 6) is 0.160. The van der Waals surface area contributed by atoms with Gasteiger partial charge in [-0.3, -0.25) is 4.79 Å². The van der Waals surface area contributed by atoms with Crippen molar-refractivity contribution in [2.45, 2.75) is 12.8 Å². The van der Waals surface area contributed by atoms with Crippen LogP contribution < -0.4 is 4.74 Å². The van der Waals surface area contributed by atoms with Crippen LogP contribution >= 0.6 is 15.9 Å². The molecule has 0 heterocycles. The molecule has 0 amide bonds. The molecule has 1 rings (SSSR count). The van der Waals surface area contributed by atoms with E-state index in [1.807, 2.05) is 18.2 Å². The second-order valence-electron chi connectivity index (χ2n) is 3.13. The van der Waals surface area contributed by atoms with E-state index >= 15 is 0 Å². The van der Waals surface area contributed by atoms with Gasteiger partial charge in [-0.2, -0.15) is 0 Å². The van der Waals surface area contributed by atoms with E-state index in [9.17, 15) is 4.79 Å². The van der Waals surface area contributed by atoms with Gasteiger partial charge in [-0.25, -0.2) is 0 Å². The lowest BCUT2D eigenvalue weighted by molar-refractivity contribution is -0.142. The van der Waals surface area contributed by atoms with E-state index < -0.39 is 0 Å². The third-order valence-electron chi connectivity index (χ3n) is 2.22. The van der Waals surface area contributed by atoms with E-state index in [2.05, 4.69) is 15.9 Å². The van der Waals surface area contributed by atoms with Gasteiger partial charge in [0.2, 0.25) is 0 Å². The normalized spacial score (nSPS) is 12.0. The highest BCUT2D eigenvalue weighted by molar-refractivity contribution is 9.10. The van der Waals surface area contributed by atoms with E-state index in [0.717, 1.165) is 15.8 Å². The van der Waals surface area contributed by atoms with Crippen LogP contribution in [0.4, 0.5) is 0 Å². The molecule has 1 aromatic carbocycles. The molecule has 0 saturated heterocycles. The lowest BCUT2D eigenvalue weighted by atomic mass is 10.0. The maximum Gasteiger partial charge on any atom is 0.312 e. The molecule has 0 aliphatic rings. The van der Waals surface area contributed by atoms with Crippen LogP contribution in [0.1, 0.15) is 18.4 Å². The Morgan fingerprint density at radius 1 is 1.40 bits per heavy atom. The van der Waals surface area contributed by atoms with Gasteiger partial charge in [-0.1, -0.05) is 15.9 Å². The second-order valence-corrected chi connectivity index (χ2v) is 3.99. The zero-order chi connectivity index (χ0) is 11.4. The van der Waals surface area contributed by atoms with Gasteiger partial charge in [-0.15, -0.1) is 0 Å². The smallest absolute Gasteiger partial charge is 0.312 e. The first kappa shape index (κ1) is 12.0. The van der Waals surface area contributed by atoms with Crippen LogP contribution in [0.25, 0.3) is 0 Å². The van der Waals surface area contributed by atoms with Gasteiger partial charge in [0, 0.05) is 4.47 Å². The van der Waals surface area contributed by atoms with Crippen LogP contribution in [0.15, 0.2) is 22.7 Å². The summed E-state index contributed by atoms with van der Waals surface area (Å²) in [6.07, 6.45) is 0. The molecule has 0 aliphatic heterocycles. The van der Waals surface area contributed by atoms with Gasteiger partial charge in [0.15, 0.2) is 0 Å². The molecule has 0 bridgehead atoms. The summed E-state index contributed by atoms with van der Waals surface area (Å²) in [5.41, 5.74) is 0.862. The average molecular weight is 273 g/mol. The summed E-state index contributed by atoms with van der Waals surface area (Å²) in [7, 11) is 2.97. The van der Waals surface area contributed by atoms with Crippen molar-refractivity contribution in [3.8, 4) is 5.75 Å². The van der Waals surface area contributed by atoms with Crippen LogP contribution in [0, 0.1) is 0 Å². The highest BCUT2D eigenvalue weighted by atomic mass is 79.9. The summed E-state index contributed by atoms with van der Waals surface area (Å²) in [6.45, 7) is 1.80. The first-order valence-corrected chi connectivity index (χ1v) is 5.30. The van der Waals surface area contributed by atoms with E-state index in [4.69, 9.17) is 9.47 Å². The number of methoxy groups -OCH3 is 2. The lowest BCUT2D eigenvalue weighted by Gasteiger charge is -2.12. The van der Waals surface area contributed by atoms with Crippen LogP contribution in [-0.4, -0.2) is 20.2 Å². The minimum absolute atomic E-state index is 0.260. The van der Waals surface area contributed by atoms with Crippen molar-refractivity contribution in [1.29, 1.82) is 0 Å². The minimum atomic E-state index is -0.306. The molecule has 0 radical (unpaired) electrons. The molecule has 0 aliphatic carbocycles. The zero-order valence-electron chi connectivity index (χ0n) is 8.91. The fraction of sp³-hybridized carbons (Fsp3) is 0.364. The zero-order valence-corrected chi connectivity index (χ0v) is 10.5. The maximum atomic E-state index is 11.4. The topological polar surface area (TPSA) is 35.5 Å². The van der Waals surface area contributed by atoms with Crippen molar-refractivity contribution < 1.29 is 14.3 Å². The maximum absolute atomic E-state index is 11.4. The van der Waals surface area contributed by atoms with Crippen LogP contribution in [-0.2, 0) is 9.53 Å². The number of ether oxygens (including phenoxy) is 2. The Morgan fingerprint density at radius 3 is 2.60 bits per heavy atom. The Hall–Kier alpha value is -1.03. The molecule has 0 N–H and O–H groups in total. The van der Waals surface area contributed by atoms with E-state index in [0.29, 0.717) is 0 Å². The van der Waals surface area contributed by atoms with Crippen LogP contribution in [0.3, 0.4) is 0 Å². The minimum Gasteiger partial charge on any atom is -0.497 e. The molecule has 4 heteroatoms. The third-order valence-corrected chi connectivity index (χ3v) is 2.95. The fourth-order valence-electron chi connectivity index (χ4n) is 1.28. The molecule has 0 fully saturated rings. The Morgan fingerprint density at radius 2 is 2.07 bits per heavy atom. The van der Waals surface area contributed by atoms with Crippen molar-refractivity contribution in [3.63, 3.8) is 0 Å². The molecule has 1 atom stereocenters. The van der Waals surface area contributed by atoms with E-state index in [-0.39, 0.29) is 11.9 Å². The summed E-state index contributed by atoms with van der Waals surface area (Å²) >= 11 is 3.39. The van der Waals surface area contributed by atoms with Crippen LogP contribution in [0.5, 0.6) is 5.75 Å². The Kier molecular flexibility index (Phi) is 4.15. The molecular formula is C11H13BrO3. The highest BCUT2D eigenvalue weighted by Gasteiger charge is 2.18. The van der Waals surface area contributed by atoms with E-state index in [1.165, 1.54) is 7.11 Å². The van der Waals surface area contributed by atoms with Gasteiger partial charge in [0.25, 0.3) is 0 Å². The summed E-state index contributed by atoms with van der Waals surface area (Å²) in [6, 6.07) is 5.51. The quantitative estimate of drug-likeness (QED) is 0.794. The van der Waals surface area contributed by atoms with Crippen molar-refractivity contribution >= 4 is 21.9 Å². The number of carbonyl (C=O) groups is 1. The molecule has 0 aromatic heterocycles. The number of esters is 1. The molecule has 82 valence electrons. The monoisotopic (exact) mass is 272 g/mol. The summed E-state index contributed by atoms with van der Waals surface area (Å²) < 4.78 is 10.7. The van der Waals surface area contributed by atoms with Crippen molar-refractivity contribution in [2.24, 2.45) is 0 Å². The van der Waals surface area contributed by atoms with Crippen molar-refractivity contribution in [1.82, 2.24) is 0 Å². The Balaban J connectivity index is 3.06. The molecule has 1 unspecified atom stereocenters. The second kappa shape index (κ2) is 5.16. The molecule has 3 nitrogen and oxygen atoms in total. The van der Waals surface area contributed by atoms with Crippen molar-refractivity contribution in [2.75, 3.05) is 14.2 Å². The van der Waals surface area contributed by atoms with Gasteiger partial charge < -0.3 is 9.47 Å². The Labute approximate surface area is 97.5 Å². The number of halogens is 1. The molecule has 0 saturated carbocycles. The predicted octanol–water partition coefficient (Wildman–Crippen LogP) is 2.73. The summed E-state index contributed by atoms with van der Waals surface area (Å²) in [4.78, 5) is 11.4. The van der Waals surface area contributed by atoms with Crippen LogP contribution in [0.2, 0.25) is 0 Å². The molecule has 0 spiro atoms. The van der Waals surface area contributed by atoms with Gasteiger partial charge >= 0.3 is 5.97 Å². The number of hydrogen-bond donors (Lipinski definition) is 0. The van der Waals surface area contributed by atoms with Gasteiger partial charge in [-0.05, 0) is 30.7 Å². The predicted molar refractivity (Wildman–Crippen MR) is 61.1 cm³/mol. The van der Waals surface area contributed by atoms with Gasteiger partial charge in [0.1, 0.15) is 5.75 Å². The highest BCUT2D eigenvalue weighted by Crippen LogP contribution is 2.29. The Bertz CT molecular complexity index is 363. The summed E-state index contributed by atoms with van der Waals surface area (Å²) in [5, 5.41) is 0. The molecular weight excluding hydrogens is 260 g/mol. The fourth-order valence-corrected chi connectivity index (χ4v) is 1.87. The van der Waals surface area contributed by atoms with Gasteiger partial charge in [0.05, 0.1) is 20.1 Å². The number of hydrogen-bond acceptors (Lipinski definition) is 3. The average Bonchev–Trinajstić information content (AvgIpc) is 2.27. The molecule has 15 heavy (non-hydrogen) atoms. The first-order chi connectivity index (χ1) is 7.10. The van der Waals surface area contributed by atoms with E-state index in [1.54, 1.807) is 14.0 Å². The van der Waals surface area contributed by atoms with Crippen molar-refractivity contribution in [3.05, 3.63) is 28.2 Å². The number of rotatable bonds is 3. The first-order valence-electron chi connectivity index (χ1n) is 4.51. The largest absolute Gasteiger partial charge is 0.497 e. The third kappa shape index (κ3) is 2.72. The number of carbonyl (C=O) groups excluding carboxylic acids is 1. The molecule has 1 aromatic rings. The standard InChI is InChI=1S/C11H13BrO3/c1-7(11(13)15-3)9-6-8(14-2)4-5-10(9)12/h4-7H,1-3H3.